The van der Waals surface area contributed by atoms with Crippen LogP contribution in [0.15, 0.2) is 84.2 Å². The zero-order chi connectivity index (χ0) is 15.8. The van der Waals surface area contributed by atoms with Crippen molar-refractivity contribution in [1.82, 2.24) is 0 Å². The van der Waals surface area contributed by atoms with Crippen LogP contribution in [0.2, 0.25) is 0 Å². The molecule has 0 saturated heterocycles. The summed E-state index contributed by atoms with van der Waals surface area (Å²) in [5, 5.41) is 0. The summed E-state index contributed by atoms with van der Waals surface area (Å²) in [5.74, 6) is 0. The van der Waals surface area contributed by atoms with Gasteiger partial charge in [-0.25, -0.2) is 0 Å². The van der Waals surface area contributed by atoms with E-state index in [9.17, 15) is 0 Å². The quantitative estimate of drug-likeness (QED) is 0.671. The van der Waals surface area contributed by atoms with Crippen molar-refractivity contribution in [2.75, 3.05) is 0 Å². The number of benzene rings is 2. The molecule has 2 atom stereocenters. The van der Waals surface area contributed by atoms with Crippen LogP contribution in [-0.2, 0) is 11.1 Å². The zero-order valence-electron chi connectivity index (χ0n) is 12.2. The van der Waals surface area contributed by atoms with Crippen molar-refractivity contribution in [3.8, 4) is 0 Å². The fourth-order valence-corrected chi connectivity index (χ4v) is 2.97. The van der Waals surface area contributed by atoms with Gasteiger partial charge in [0.05, 0.1) is 22.5 Å². The number of nitrogens with two attached hydrogens (primary N) is 4. The van der Waals surface area contributed by atoms with E-state index >= 15 is 0 Å². The van der Waals surface area contributed by atoms with Gasteiger partial charge in [0, 0.05) is 0 Å². The third-order valence-electron chi connectivity index (χ3n) is 4.29. The molecule has 3 rings (SSSR count). The largest absolute Gasteiger partial charge is 0.397 e. The van der Waals surface area contributed by atoms with Crippen LogP contribution in [0.1, 0.15) is 11.1 Å². The average Bonchev–Trinajstić information content (AvgIpc) is 2.55. The van der Waals surface area contributed by atoms with E-state index in [1.165, 1.54) is 0 Å². The van der Waals surface area contributed by atoms with Crippen LogP contribution in [0.4, 0.5) is 0 Å². The maximum Gasteiger partial charge on any atom is 0.0881 e. The summed E-state index contributed by atoms with van der Waals surface area (Å²) in [5.41, 5.74) is 26.3. The molecule has 0 fully saturated rings. The van der Waals surface area contributed by atoms with Gasteiger partial charge < -0.3 is 22.9 Å². The number of hydrogen-bond donors (Lipinski definition) is 4. The molecule has 0 bridgehead atoms. The normalized spacial score (nSPS) is 27.9. The Bertz CT molecular complexity index is 671. The van der Waals surface area contributed by atoms with Crippen LogP contribution in [0.25, 0.3) is 0 Å². The van der Waals surface area contributed by atoms with E-state index in [1.54, 1.807) is 12.2 Å². The molecule has 0 amide bonds. The Hall–Kier alpha value is -2.56. The molecule has 2 aromatic carbocycles. The van der Waals surface area contributed by atoms with Gasteiger partial charge in [0.2, 0.25) is 0 Å². The molecular weight excluding hydrogens is 272 g/mol. The highest BCUT2D eigenvalue weighted by atomic mass is 14.9. The smallest absolute Gasteiger partial charge is 0.0881 e. The van der Waals surface area contributed by atoms with Crippen LogP contribution >= 0.6 is 0 Å². The van der Waals surface area contributed by atoms with Gasteiger partial charge in [0.25, 0.3) is 0 Å². The highest BCUT2D eigenvalue weighted by Crippen LogP contribution is 2.42. The van der Waals surface area contributed by atoms with Gasteiger partial charge in [-0.2, -0.15) is 0 Å². The van der Waals surface area contributed by atoms with Crippen molar-refractivity contribution < 1.29 is 0 Å². The Kier molecular flexibility index (Phi) is 3.28. The molecule has 112 valence electrons. The van der Waals surface area contributed by atoms with Crippen LogP contribution < -0.4 is 22.9 Å². The molecule has 0 saturated carbocycles. The van der Waals surface area contributed by atoms with Gasteiger partial charge in [-0.15, -0.1) is 0 Å². The second-order valence-corrected chi connectivity index (χ2v) is 5.67. The minimum absolute atomic E-state index is 0.448. The molecule has 22 heavy (non-hydrogen) atoms. The Balaban J connectivity index is 2.26. The summed E-state index contributed by atoms with van der Waals surface area (Å²) in [6.07, 6.45) is 3.51. The third kappa shape index (κ3) is 2.01. The van der Waals surface area contributed by atoms with E-state index in [2.05, 4.69) is 0 Å². The van der Waals surface area contributed by atoms with Gasteiger partial charge in [0.15, 0.2) is 0 Å². The molecule has 2 unspecified atom stereocenters. The lowest BCUT2D eigenvalue weighted by molar-refractivity contribution is 0.338. The minimum Gasteiger partial charge on any atom is -0.397 e. The summed E-state index contributed by atoms with van der Waals surface area (Å²) >= 11 is 0. The van der Waals surface area contributed by atoms with E-state index in [1.807, 2.05) is 60.7 Å². The van der Waals surface area contributed by atoms with Crippen LogP contribution in [0, 0.1) is 0 Å². The van der Waals surface area contributed by atoms with Gasteiger partial charge in [-0.3, -0.25) is 0 Å². The first-order chi connectivity index (χ1) is 10.5. The molecule has 0 spiro atoms. The summed E-state index contributed by atoms with van der Waals surface area (Å²) in [7, 11) is 0. The SMILES string of the molecule is NC1=CC(N)(c2ccccc2)C(N)(c2ccccc2)C=C1N. The van der Waals surface area contributed by atoms with Crippen LogP contribution in [0.5, 0.6) is 0 Å². The maximum absolute atomic E-state index is 6.76. The molecule has 4 heteroatoms. The van der Waals surface area contributed by atoms with Crippen molar-refractivity contribution in [3.05, 3.63) is 95.3 Å². The Labute approximate surface area is 130 Å². The summed E-state index contributed by atoms with van der Waals surface area (Å²) < 4.78 is 0. The highest BCUT2D eigenvalue weighted by molar-refractivity contribution is 5.52. The molecular formula is C18H20N4. The van der Waals surface area contributed by atoms with E-state index in [4.69, 9.17) is 22.9 Å². The number of rotatable bonds is 2. The Morgan fingerprint density at radius 3 is 1.18 bits per heavy atom. The fourth-order valence-electron chi connectivity index (χ4n) is 2.97. The monoisotopic (exact) mass is 292 g/mol. The predicted molar refractivity (Wildman–Crippen MR) is 89.2 cm³/mol. The van der Waals surface area contributed by atoms with Gasteiger partial charge in [0.1, 0.15) is 0 Å². The van der Waals surface area contributed by atoms with E-state index in [-0.39, 0.29) is 0 Å². The Morgan fingerprint density at radius 2 is 0.864 bits per heavy atom. The Morgan fingerprint density at radius 1 is 0.545 bits per heavy atom. The first kappa shape index (κ1) is 14.4. The second kappa shape index (κ2) is 5.02. The molecule has 0 aliphatic heterocycles. The molecule has 8 N–H and O–H groups in total. The predicted octanol–water partition coefficient (Wildman–Crippen LogP) is 1.39. The molecule has 0 radical (unpaired) electrons. The van der Waals surface area contributed by atoms with E-state index in [0.717, 1.165) is 11.1 Å². The summed E-state index contributed by atoms with van der Waals surface area (Å²) in [6.45, 7) is 0. The third-order valence-corrected chi connectivity index (χ3v) is 4.29. The van der Waals surface area contributed by atoms with E-state index < -0.39 is 11.1 Å². The minimum atomic E-state index is -0.984. The topological polar surface area (TPSA) is 104 Å². The van der Waals surface area contributed by atoms with Crippen LogP contribution in [0.3, 0.4) is 0 Å². The van der Waals surface area contributed by atoms with Crippen molar-refractivity contribution in [3.63, 3.8) is 0 Å². The van der Waals surface area contributed by atoms with Gasteiger partial charge in [-0.1, -0.05) is 60.7 Å². The molecule has 0 heterocycles. The standard InChI is InChI=1S/C18H20N4/c19-15-11-17(21,13-7-3-1-4-8-13)18(22,12-16(15)20)14-9-5-2-6-10-14/h1-12H,19-22H2. The van der Waals surface area contributed by atoms with Crippen molar-refractivity contribution in [1.29, 1.82) is 0 Å². The molecule has 2 aromatic rings. The lowest BCUT2D eigenvalue weighted by atomic mass is 9.66. The van der Waals surface area contributed by atoms with Crippen molar-refractivity contribution >= 4 is 0 Å². The van der Waals surface area contributed by atoms with Gasteiger partial charge >= 0.3 is 0 Å². The van der Waals surface area contributed by atoms with Gasteiger partial charge in [-0.05, 0) is 23.3 Å². The zero-order valence-corrected chi connectivity index (χ0v) is 12.2. The lowest BCUT2D eigenvalue weighted by Gasteiger charge is -2.46. The first-order valence-corrected chi connectivity index (χ1v) is 7.13. The van der Waals surface area contributed by atoms with Crippen molar-refractivity contribution in [2.24, 2.45) is 22.9 Å². The highest BCUT2D eigenvalue weighted by Gasteiger charge is 2.48. The molecule has 0 aromatic heterocycles. The molecule has 1 aliphatic rings. The molecule has 4 nitrogen and oxygen atoms in total. The number of hydrogen-bond acceptors (Lipinski definition) is 4. The van der Waals surface area contributed by atoms with E-state index in [0.29, 0.717) is 11.4 Å². The first-order valence-electron chi connectivity index (χ1n) is 7.13. The van der Waals surface area contributed by atoms with Crippen LogP contribution in [-0.4, -0.2) is 0 Å². The van der Waals surface area contributed by atoms with Crippen molar-refractivity contribution in [2.45, 2.75) is 11.1 Å². The second-order valence-electron chi connectivity index (χ2n) is 5.67. The fraction of sp³-hybridized carbons (Fsp3) is 0.111. The summed E-state index contributed by atoms with van der Waals surface area (Å²) in [6, 6.07) is 19.4. The summed E-state index contributed by atoms with van der Waals surface area (Å²) in [4.78, 5) is 0. The average molecular weight is 292 g/mol. The molecule has 1 aliphatic carbocycles. The lowest BCUT2D eigenvalue weighted by Crippen LogP contribution is -2.61. The maximum atomic E-state index is 6.76.